The Bertz CT molecular complexity index is 1090. The van der Waals surface area contributed by atoms with E-state index in [1.54, 1.807) is 23.1 Å². The molecule has 0 aromatic heterocycles. The van der Waals surface area contributed by atoms with Gasteiger partial charge < -0.3 is 25.2 Å². The van der Waals surface area contributed by atoms with Gasteiger partial charge in [-0.3, -0.25) is 9.59 Å². The van der Waals surface area contributed by atoms with Crippen LogP contribution in [0.1, 0.15) is 43.2 Å². The SMILES string of the molecule is CCCCC(=O)N(Cc1ccc(Cl)cc1)[C@@H]1C=C(C(=O)NCCO)[C@@H]2c3ccccc3O[C@@H]2[C@H]1O. The van der Waals surface area contributed by atoms with Crippen LogP contribution in [0.25, 0.3) is 0 Å². The van der Waals surface area contributed by atoms with Gasteiger partial charge in [0.05, 0.1) is 18.6 Å². The van der Waals surface area contributed by atoms with Crippen molar-refractivity contribution in [3.8, 4) is 5.75 Å². The van der Waals surface area contributed by atoms with Crippen LogP contribution in [0.3, 0.4) is 0 Å². The average molecular weight is 499 g/mol. The van der Waals surface area contributed by atoms with Crippen LogP contribution in [-0.4, -0.2) is 58.3 Å². The molecule has 0 spiro atoms. The van der Waals surface area contributed by atoms with Crippen molar-refractivity contribution in [3.05, 3.63) is 76.3 Å². The summed E-state index contributed by atoms with van der Waals surface area (Å²) in [5.41, 5.74) is 2.11. The molecule has 8 heteroatoms. The van der Waals surface area contributed by atoms with E-state index in [0.717, 1.165) is 24.0 Å². The number of carbonyl (C=O) groups excluding carboxylic acids is 2. The topological polar surface area (TPSA) is 99.1 Å². The van der Waals surface area contributed by atoms with Gasteiger partial charge in [0.15, 0.2) is 0 Å². The van der Waals surface area contributed by atoms with Crippen molar-refractivity contribution < 1.29 is 24.5 Å². The Morgan fingerprint density at radius 3 is 2.60 bits per heavy atom. The van der Waals surface area contributed by atoms with Crippen molar-refractivity contribution in [3.63, 3.8) is 0 Å². The molecule has 0 radical (unpaired) electrons. The van der Waals surface area contributed by atoms with E-state index < -0.39 is 24.2 Å². The first kappa shape index (κ1) is 25.2. The molecule has 0 saturated carbocycles. The van der Waals surface area contributed by atoms with Gasteiger partial charge in [0.1, 0.15) is 18.0 Å². The molecule has 0 bridgehead atoms. The first-order valence-corrected chi connectivity index (χ1v) is 12.4. The summed E-state index contributed by atoms with van der Waals surface area (Å²) < 4.78 is 6.14. The molecule has 4 rings (SSSR count). The van der Waals surface area contributed by atoms with Crippen LogP contribution in [-0.2, 0) is 16.1 Å². The number of nitrogens with zero attached hydrogens (tertiary/aromatic N) is 1. The fourth-order valence-corrected chi connectivity index (χ4v) is 4.94. The Kier molecular flexibility index (Phi) is 8.11. The predicted octanol–water partition coefficient (Wildman–Crippen LogP) is 3.18. The van der Waals surface area contributed by atoms with E-state index in [2.05, 4.69) is 5.32 Å². The molecule has 4 atom stereocenters. The zero-order valence-electron chi connectivity index (χ0n) is 19.7. The summed E-state index contributed by atoms with van der Waals surface area (Å²) in [5.74, 6) is -0.311. The standard InChI is InChI=1S/C27H31ClN2O5/c1-2-3-8-23(32)30(16-17-9-11-18(28)12-10-17)21-15-20(27(34)29-13-14-31)24-19-6-4-5-7-22(19)35-26(24)25(21)33/h4-7,9-12,15,21,24-26,31,33H,2-3,8,13-14,16H2,1H3,(H,29,34)/t21-,24+,25+,26+/m1/s1. The normalized spacial score (nSPS) is 22.5. The molecule has 0 saturated heterocycles. The van der Waals surface area contributed by atoms with Crippen LogP contribution in [0.2, 0.25) is 5.02 Å². The summed E-state index contributed by atoms with van der Waals surface area (Å²) in [7, 11) is 0. The van der Waals surface area contributed by atoms with E-state index in [1.807, 2.05) is 43.3 Å². The van der Waals surface area contributed by atoms with Crippen molar-refractivity contribution in [2.75, 3.05) is 13.2 Å². The number of aliphatic hydroxyl groups excluding tert-OH is 2. The minimum absolute atomic E-state index is 0.104. The lowest BCUT2D eigenvalue weighted by molar-refractivity contribution is -0.138. The maximum absolute atomic E-state index is 13.4. The number of halogens is 1. The number of para-hydroxylation sites is 1. The molecule has 1 aliphatic carbocycles. The molecule has 186 valence electrons. The summed E-state index contributed by atoms with van der Waals surface area (Å²) in [6, 6.07) is 13.9. The van der Waals surface area contributed by atoms with E-state index >= 15 is 0 Å². The second-order valence-corrected chi connectivity index (χ2v) is 9.37. The lowest BCUT2D eigenvalue weighted by Crippen LogP contribution is -2.55. The van der Waals surface area contributed by atoms with Gasteiger partial charge in [-0.05, 0) is 36.3 Å². The summed E-state index contributed by atoms with van der Waals surface area (Å²) in [6.45, 7) is 2.19. The minimum Gasteiger partial charge on any atom is -0.486 e. The predicted molar refractivity (Wildman–Crippen MR) is 133 cm³/mol. The smallest absolute Gasteiger partial charge is 0.247 e. The highest BCUT2D eigenvalue weighted by molar-refractivity contribution is 6.30. The third-order valence-corrected chi connectivity index (χ3v) is 6.82. The lowest BCUT2D eigenvalue weighted by atomic mass is 9.77. The number of ether oxygens (including phenoxy) is 1. The van der Waals surface area contributed by atoms with Gasteiger partial charge in [0, 0.05) is 35.7 Å². The molecule has 0 fully saturated rings. The fraction of sp³-hybridized carbons (Fsp3) is 0.407. The van der Waals surface area contributed by atoms with E-state index in [-0.39, 0.29) is 31.5 Å². The maximum atomic E-state index is 13.4. The summed E-state index contributed by atoms with van der Waals surface area (Å²) in [4.78, 5) is 28.2. The first-order chi connectivity index (χ1) is 16.9. The Balaban J connectivity index is 1.74. The number of rotatable bonds is 9. The van der Waals surface area contributed by atoms with Gasteiger partial charge in [0.25, 0.3) is 0 Å². The van der Waals surface area contributed by atoms with Crippen molar-refractivity contribution in [2.45, 2.75) is 56.9 Å². The molecule has 2 aromatic rings. The molecule has 2 aromatic carbocycles. The number of hydrogen-bond donors (Lipinski definition) is 3. The van der Waals surface area contributed by atoms with Crippen LogP contribution >= 0.6 is 11.6 Å². The van der Waals surface area contributed by atoms with Crippen LogP contribution in [0.15, 0.2) is 60.2 Å². The second kappa shape index (κ2) is 11.2. The minimum atomic E-state index is -1.04. The average Bonchev–Trinajstić information content (AvgIpc) is 3.26. The van der Waals surface area contributed by atoms with Crippen molar-refractivity contribution >= 4 is 23.4 Å². The molecular weight excluding hydrogens is 468 g/mol. The Labute approximate surface area is 210 Å². The number of amides is 2. The first-order valence-electron chi connectivity index (χ1n) is 12.0. The number of nitrogens with one attached hydrogen (secondary N) is 1. The summed E-state index contributed by atoms with van der Waals surface area (Å²) >= 11 is 6.04. The third kappa shape index (κ3) is 5.37. The van der Waals surface area contributed by atoms with Gasteiger partial charge in [0.2, 0.25) is 11.8 Å². The number of hydrogen-bond acceptors (Lipinski definition) is 5. The number of unbranched alkanes of at least 4 members (excludes halogenated alkanes) is 1. The number of benzene rings is 2. The second-order valence-electron chi connectivity index (χ2n) is 8.93. The number of carbonyl (C=O) groups is 2. The molecule has 2 amide bonds. The van der Waals surface area contributed by atoms with Crippen molar-refractivity contribution in [1.29, 1.82) is 0 Å². The fourth-order valence-electron chi connectivity index (χ4n) is 4.81. The highest BCUT2D eigenvalue weighted by Crippen LogP contribution is 2.47. The molecule has 0 unspecified atom stereocenters. The number of aliphatic hydroxyl groups is 2. The highest BCUT2D eigenvalue weighted by atomic mass is 35.5. The van der Waals surface area contributed by atoms with Crippen molar-refractivity contribution in [2.24, 2.45) is 0 Å². The van der Waals surface area contributed by atoms with Gasteiger partial charge in [-0.1, -0.05) is 55.3 Å². The molecule has 2 aliphatic rings. The lowest BCUT2D eigenvalue weighted by Gasteiger charge is -2.41. The Hall–Kier alpha value is -2.87. The number of fused-ring (bicyclic) bond motifs is 3. The molecule has 1 heterocycles. The Morgan fingerprint density at radius 2 is 1.89 bits per heavy atom. The zero-order chi connectivity index (χ0) is 24.9. The van der Waals surface area contributed by atoms with Crippen LogP contribution in [0.5, 0.6) is 5.75 Å². The van der Waals surface area contributed by atoms with Gasteiger partial charge in [-0.25, -0.2) is 0 Å². The molecule has 35 heavy (non-hydrogen) atoms. The zero-order valence-corrected chi connectivity index (χ0v) is 20.4. The summed E-state index contributed by atoms with van der Waals surface area (Å²) in [6.07, 6.45) is 1.86. The highest BCUT2D eigenvalue weighted by Gasteiger charge is 2.50. The van der Waals surface area contributed by atoms with Crippen LogP contribution < -0.4 is 10.1 Å². The summed E-state index contributed by atoms with van der Waals surface area (Å²) in [5, 5.41) is 24.0. The van der Waals surface area contributed by atoms with Crippen LogP contribution in [0, 0.1) is 0 Å². The van der Waals surface area contributed by atoms with Gasteiger partial charge in [-0.2, -0.15) is 0 Å². The molecule has 7 nitrogen and oxygen atoms in total. The molecule has 3 N–H and O–H groups in total. The van der Waals surface area contributed by atoms with E-state index in [4.69, 9.17) is 16.3 Å². The quantitative estimate of drug-likeness (QED) is 0.493. The van der Waals surface area contributed by atoms with E-state index in [9.17, 15) is 19.8 Å². The molecule has 1 aliphatic heterocycles. The monoisotopic (exact) mass is 498 g/mol. The van der Waals surface area contributed by atoms with E-state index in [1.165, 1.54) is 0 Å². The van der Waals surface area contributed by atoms with Crippen molar-refractivity contribution in [1.82, 2.24) is 10.2 Å². The van der Waals surface area contributed by atoms with Gasteiger partial charge in [-0.15, -0.1) is 0 Å². The van der Waals surface area contributed by atoms with Crippen LogP contribution in [0.4, 0.5) is 0 Å². The third-order valence-electron chi connectivity index (χ3n) is 6.57. The Morgan fingerprint density at radius 1 is 1.14 bits per heavy atom. The maximum Gasteiger partial charge on any atom is 0.247 e. The van der Waals surface area contributed by atoms with Gasteiger partial charge >= 0.3 is 0 Å². The largest absolute Gasteiger partial charge is 0.486 e. The van der Waals surface area contributed by atoms with E-state index in [0.29, 0.717) is 22.8 Å². The molecular formula is C27H31ClN2O5.